The van der Waals surface area contributed by atoms with E-state index in [0.717, 1.165) is 5.56 Å². The van der Waals surface area contributed by atoms with Crippen molar-refractivity contribution in [3.8, 4) is 0 Å². The van der Waals surface area contributed by atoms with E-state index in [1.807, 2.05) is 27.7 Å². The molecule has 2 heterocycles. The molecule has 1 aliphatic heterocycles. The van der Waals surface area contributed by atoms with Crippen molar-refractivity contribution in [1.29, 1.82) is 0 Å². The average Bonchev–Trinajstić information content (AvgIpc) is 2.39. The number of aromatic amines is 1. The smallest absolute Gasteiger partial charge is 0.403 e. The van der Waals surface area contributed by atoms with Gasteiger partial charge in [-0.3, -0.25) is 4.79 Å². The van der Waals surface area contributed by atoms with Crippen LogP contribution in [0.5, 0.6) is 0 Å². The maximum absolute atomic E-state index is 10.9. The molecule has 2 rings (SSSR count). The standard InChI is InChI=1S/C12H18BNO3/c1-11(2)12(3,4)17-13(16-11)7-9-5-6-10(15)14-8-9/h5-6,8H,7H2,1-4H3,(H,14,15). The lowest BCUT2D eigenvalue weighted by molar-refractivity contribution is 0.00578. The predicted octanol–water partition coefficient (Wildman–Crippen LogP) is 1.55. The zero-order valence-electron chi connectivity index (χ0n) is 10.7. The molecule has 92 valence electrons. The molecule has 1 saturated heterocycles. The SMILES string of the molecule is CC1(C)OB(Cc2ccc(=O)[nH]c2)OC1(C)C. The van der Waals surface area contributed by atoms with E-state index in [4.69, 9.17) is 9.31 Å². The highest BCUT2D eigenvalue weighted by molar-refractivity contribution is 6.45. The van der Waals surface area contributed by atoms with Crippen molar-refractivity contribution in [3.63, 3.8) is 0 Å². The number of rotatable bonds is 2. The topological polar surface area (TPSA) is 51.3 Å². The maximum atomic E-state index is 10.9. The second-order valence-electron chi connectivity index (χ2n) is 5.45. The van der Waals surface area contributed by atoms with Gasteiger partial charge in [-0.05, 0) is 33.3 Å². The molecule has 0 aliphatic carbocycles. The Balaban J connectivity index is 2.08. The Bertz CT molecular complexity index is 431. The molecule has 1 aliphatic rings. The Morgan fingerprint density at radius 2 is 1.76 bits per heavy atom. The van der Waals surface area contributed by atoms with Crippen LogP contribution in [0.3, 0.4) is 0 Å². The van der Waals surface area contributed by atoms with Gasteiger partial charge in [0.25, 0.3) is 0 Å². The molecule has 0 spiro atoms. The van der Waals surface area contributed by atoms with Crippen LogP contribution in [0.2, 0.25) is 0 Å². The second kappa shape index (κ2) is 4.00. The summed E-state index contributed by atoms with van der Waals surface area (Å²) in [6, 6.07) is 3.31. The van der Waals surface area contributed by atoms with Crippen molar-refractivity contribution in [3.05, 3.63) is 34.2 Å². The lowest BCUT2D eigenvalue weighted by atomic mass is 9.81. The molecular formula is C12H18BNO3. The molecule has 5 heteroatoms. The molecule has 0 unspecified atom stereocenters. The van der Waals surface area contributed by atoms with Gasteiger partial charge in [0.1, 0.15) is 0 Å². The summed E-state index contributed by atoms with van der Waals surface area (Å²) in [5, 5.41) is 0. The van der Waals surface area contributed by atoms with E-state index in [1.165, 1.54) is 6.07 Å². The molecule has 1 N–H and O–H groups in total. The summed E-state index contributed by atoms with van der Waals surface area (Å²) in [4.78, 5) is 13.6. The molecule has 1 aromatic rings. The van der Waals surface area contributed by atoms with Crippen LogP contribution in [0.1, 0.15) is 33.3 Å². The Kier molecular flexibility index (Phi) is 2.91. The van der Waals surface area contributed by atoms with Crippen molar-refractivity contribution in [2.75, 3.05) is 0 Å². The van der Waals surface area contributed by atoms with Gasteiger partial charge in [0.05, 0.1) is 11.2 Å². The highest BCUT2D eigenvalue weighted by Gasteiger charge is 2.50. The van der Waals surface area contributed by atoms with Crippen LogP contribution in [-0.2, 0) is 15.6 Å². The number of hydrogen-bond acceptors (Lipinski definition) is 3. The fourth-order valence-corrected chi connectivity index (χ4v) is 1.81. The Morgan fingerprint density at radius 3 is 2.24 bits per heavy atom. The van der Waals surface area contributed by atoms with E-state index in [2.05, 4.69) is 4.98 Å². The number of nitrogens with one attached hydrogen (secondary N) is 1. The highest BCUT2D eigenvalue weighted by atomic mass is 16.7. The minimum Gasteiger partial charge on any atom is -0.403 e. The van der Waals surface area contributed by atoms with Crippen molar-refractivity contribution in [2.24, 2.45) is 0 Å². The molecule has 0 amide bonds. The molecule has 17 heavy (non-hydrogen) atoms. The first kappa shape index (κ1) is 12.4. The number of hydrogen-bond donors (Lipinski definition) is 1. The van der Waals surface area contributed by atoms with Gasteiger partial charge in [-0.15, -0.1) is 0 Å². The molecular weight excluding hydrogens is 217 g/mol. The fraction of sp³-hybridized carbons (Fsp3) is 0.583. The van der Waals surface area contributed by atoms with Crippen LogP contribution in [0.15, 0.2) is 23.1 Å². The first-order valence-corrected chi connectivity index (χ1v) is 5.83. The summed E-state index contributed by atoms with van der Waals surface area (Å²) in [6.07, 6.45) is 2.34. The summed E-state index contributed by atoms with van der Waals surface area (Å²) in [6.45, 7) is 8.11. The fourth-order valence-electron chi connectivity index (χ4n) is 1.81. The number of pyridine rings is 1. The second-order valence-corrected chi connectivity index (χ2v) is 5.45. The van der Waals surface area contributed by atoms with Gasteiger partial charge in [-0.2, -0.15) is 0 Å². The normalized spacial score (nSPS) is 21.8. The molecule has 0 bridgehead atoms. The summed E-state index contributed by atoms with van der Waals surface area (Å²) >= 11 is 0. The molecule has 4 nitrogen and oxygen atoms in total. The van der Waals surface area contributed by atoms with E-state index in [0.29, 0.717) is 6.32 Å². The Hall–Kier alpha value is -1.07. The highest BCUT2D eigenvalue weighted by Crippen LogP contribution is 2.37. The number of aromatic nitrogens is 1. The van der Waals surface area contributed by atoms with Gasteiger partial charge in [0.2, 0.25) is 5.56 Å². The van der Waals surface area contributed by atoms with Gasteiger partial charge >= 0.3 is 7.12 Å². The van der Waals surface area contributed by atoms with E-state index < -0.39 is 0 Å². The van der Waals surface area contributed by atoms with Crippen LogP contribution in [0, 0.1) is 0 Å². The summed E-state index contributed by atoms with van der Waals surface area (Å²) in [5.74, 6) is 0. The summed E-state index contributed by atoms with van der Waals surface area (Å²) in [7, 11) is -0.258. The van der Waals surface area contributed by atoms with E-state index in [9.17, 15) is 4.79 Å². The molecule has 0 radical (unpaired) electrons. The van der Waals surface area contributed by atoms with Crippen LogP contribution in [0.25, 0.3) is 0 Å². The summed E-state index contributed by atoms with van der Waals surface area (Å²) < 4.78 is 11.8. The first-order valence-electron chi connectivity index (χ1n) is 5.83. The first-order chi connectivity index (χ1) is 7.80. The Morgan fingerprint density at radius 1 is 1.18 bits per heavy atom. The van der Waals surface area contributed by atoms with Crippen molar-refractivity contribution < 1.29 is 9.31 Å². The monoisotopic (exact) mass is 235 g/mol. The third kappa shape index (κ3) is 2.45. The Labute approximate surface area is 101 Å². The molecule has 0 atom stereocenters. The van der Waals surface area contributed by atoms with E-state index in [-0.39, 0.29) is 23.9 Å². The van der Waals surface area contributed by atoms with E-state index >= 15 is 0 Å². The minimum atomic E-state index is -0.306. The zero-order valence-corrected chi connectivity index (χ0v) is 10.7. The minimum absolute atomic E-state index is 0.0948. The van der Waals surface area contributed by atoms with Crippen LogP contribution in [-0.4, -0.2) is 23.3 Å². The van der Waals surface area contributed by atoms with Crippen LogP contribution >= 0.6 is 0 Å². The third-order valence-corrected chi connectivity index (χ3v) is 3.55. The van der Waals surface area contributed by atoms with Crippen molar-refractivity contribution in [1.82, 2.24) is 4.98 Å². The quantitative estimate of drug-likeness (QED) is 0.791. The molecule has 1 fully saturated rings. The van der Waals surface area contributed by atoms with Gasteiger partial charge in [0, 0.05) is 18.6 Å². The maximum Gasteiger partial charge on any atom is 0.462 e. The van der Waals surface area contributed by atoms with Gasteiger partial charge < -0.3 is 14.3 Å². The van der Waals surface area contributed by atoms with Crippen molar-refractivity contribution >= 4 is 7.12 Å². The molecule has 0 aromatic carbocycles. The van der Waals surface area contributed by atoms with Crippen LogP contribution < -0.4 is 5.56 Å². The van der Waals surface area contributed by atoms with Gasteiger partial charge in [0.15, 0.2) is 0 Å². The van der Waals surface area contributed by atoms with E-state index in [1.54, 1.807) is 12.3 Å². The van der Waals surface area contributed by atoms with Crippen LogP contribution in [0.4, 0.5) is 0 Å². The molecule has 1 aromatic heterocycles. The lowest BCUT2D eigenvalue weighted by Gasteiger charge is -2.32. The van der Waals surface area contributed by atoms with Crippen molar-refractivity contribution in [2.45, 2.75) is 45.2 Å². The summed E-state index contributed by atoms with van der Waals surface area (Å²) in [5.41, 5.74) is 0.297. The third-order valence-electron chi connectivity index (χ3n) is 3.55. The number of H-pyrrole nitrogens is 1. The van der Waals surface area contributed by atoms with Gasteiger partial charge in [-0.25, -0.2) is 0 Å². The zero-order chi connectivity index (χ0) is 12.7. The lowest BCUT2D eigenvalue weighted by Crippen LogP contribution is -2.41. The average molecular weight is 235 g/mol. The molecule has 0 saturated carbocycles. The largest absolute Gasteiger partial charge is 0.462 e. The predicted molar refractivity (Wildman–Crippen MR) is 66.8 cm³/mol. The van der Waals surface area contributed by atoms with Gasteiger partial charge in [-0.1, -0.05) is 6.07 Å².